The average molecular weight is 700 g/mol. The fourth-order valence-electron chi connectivity index (χ4n) is 4.94. The number of nitrogens with zero attached hydrogens (tertiary/aromatic N) is 6. The van der Waals surface area contributed by atoms with Gasteiger partial charge in [0.15, 0.2) is 33.5 Å². The summed E-state index contributed by atoms with van der Waals surface area (Å²) in [6.07, 6.45) is -5.57. The molecule has 0 spiro atoms. The van der Waals surface area contributed by atoms with Crippen molar-refractivity contribution in [2.75, 3.05) is 37.6 Å². The molecule has 15 nitrogen and oxygen atoms in total. The predicted octanol–water partition coefficient (Wildman–Crippen LogP) is 1.50. The van der Waals surface area contributed by atoms with Gasteiger partial charge in [0.05, 0.1) is 18.7 Å². The SMILES string of the molecule is CCn1c(CNC(=O)c2nc(Cl)c(N)nc2N)[n+](CC)c2c(C(=O)N3CCN(C(=O)OC(C)(C)C)CC3)cccc21.O=C([O-])C(F)(F)F. The van der Waals surface area contributed by atoms with Crippen LogP contribution >= 0.6 is 11.6 Å². The summed E-state index contributed by atoms with van der Waals surface area (Å²) in [4.78, 5) is 59.2. The summed E-state index contributed by atoms with van der Waals surface area (Å²) in [5, 5.41) is 11.5. The number of amides is 3. The number of carboxylic acid groups (broad SMARTS) is 1. The molecule has 0 radical (unpaired) electrons. The van der Waals surface area contributed by atoms with Crippen LogP contribution in [0.1, 0.15) is 61.3 Å². The highest BCUT2D eigenvalue weighted by molar-refractivity contribution is 6.31. The van der Waals surface area contributed by atoms with Crippen molar-refractivity contribution < 1.29 is 46.8 Å². The van der Waals surface area contributed by atoms with Crippen LogP contribution in [0.25, 0.3) is 11.0 Å². The van der Waals surface area contributed by atoms with Gasteiger partial charge >= 0.3 is 12.3 Å². The van der Waals surface area contributed by atoms with Crippen molar-refractivity contribution >= 4 is 58.1 Å². The molecule has 3 amide bonds. The lowest BCUT2D eigenvalue weighted by Gasteiger charge is -2.35. The molecule has 1 aliphatic heterocycles. The molecule has 1 fully saturated rings. The second-order valence-electron chi connectivity index (χ2n) is 11.4. The Morgan fingerprint density at radius 1 is 1.02 bits per heavy atom. The van der Waals surface area contributed by atoms with Gasteiger partial charge in [-0.1, -0.05) is 17.7 Å². The lowest BCUT2D eigenvalue weighted by molar-refractivity contribution is -0.676. The van der Waals surface area contributed by atoms with Crippen molar-refractivity contribution in [1.29, 1.82) is 0 Å². The van der Waals surface area contributed by atoms with E-state index in [-0.39, 0.29) is 41.0 Å². The van der Waals surface area contributed by atoms with Gasteiger partial charge in [-0.3, -0.25) is 9.59 Å². The van der Waals surface area contributed by atoms with Crippen LogP contribution in [0.2, 0.25) is 5.15 Å². The van der Waals surface area contributed by atoms with E-state index in [0.717, 1.165) is 16.9 Å². The van der Waals surface area contributed by atoms with E-state index in [1.165, 1.54) is 0 Å². The molecule has 2 aromatic heterocycles. The molecular weight excluding hydrogens is 663 g/mol. The molecule has 4 rings (SSSR count). The number of benzene rings is 1. The number of nitrogens with two attached hydrogens (primary N) is 2. The minimum Gasteiger partial charge on any atom is -0.542 e. The Morgan fingerprint density at radius 3 is 2.12 bits per heavy atom. The lowest BCUT2D eigenvalue weighted by Crippen LogP contribution is -2.52. The minimum atomic E-state index is -5.19. The molecular formula is C29H37ClF3N9O6. The van der Waals surface area contributed by atoms with Crippen molar-refractivity contribution in [3.05, 3.63) is 40.4 Å². The number of hydrogen-bond donors (Lipinski definition) is 3. The third kappa shape index (κ3) is 8.72. The molecule has 0 unspecified atom stereocenters. The Labute approximate surface area is 278 Å². The number of alkyl halides is 3. The summed E-state index contributed by atoms with van der Waals surface area (Å²) in [7, 11) is 0. The highest BCUT2D eigenvalue weighted by Crippen LogP contribution is 2.23. The Morgan fingerprint density at radius 2 is 1.60 bits per heavy atom. The first kappa shape index (κ1) is 37.6. The standard InChI is InChI=1S/C27H36ClN9O4.C2HF3O2/c1-6-36-17-10-8-9-16(25(39)34-11-13-35(14-12-34)26(40)41-27(3,4)5)20(17)37(7-2)18(36)15-31-24(38)19-22(29)33-23(30)21(28)32-19;3-2(4,5)1(6)7/h8-10H,6-7,11-15H2,1-5H3,(H4-,29,30,31,33,38);(H,6,7). The lowest BCUT2D eigenvalue weighted by atomic mass is 10.1. The molecule has 1 saturated heterocycles. The van der Waals surface area contributed by atoms with Crippen LogP contribution in [0.3, 0.4) is 0 Å². The molecule has 5 N–H and O–H groups in total. The Bertz CT molecular complexity index is 1700. The van der Waals surface area contributed by atoms with Gasteiger partial charge in [0.25, 0.3) is 17.6 Å². The smallest absolute Gasteiger partial charge is 0.430 e. The monoisotopic (exact) mass is 699 g/mol. The van der Waals surface area contributed by atoms with Gasteiger partial charge in [-0.25, -0.2) is 23.9 Å². The molecule has 0 atom stereocenters. The summed E-state index contributed by atoms with van der Waals surface area (Å²) >= 11 is 5.95. The highest BCUT2D eigenvalue weighted by atomic mass is 35.5. The maximum Gasteiger partial charge on any atom is 0.430 e. The third-order valence-electron chi connectivity index (χ3n) is 7.04. The normalized spacial score (nSPS) is 13.5. The summed E-state index contributed by atoms with van der Waals surface area (Å²) in [6, 6.07) is 5.62. The molecule has 262 valence electrons. The topological polar surface area (TPSA) is 206 Å². The zero-order valence-corrected chi connectivity index (χ0v) is 27.7. The fourth-order valence-corrected chi connectivity index (χ4v) is 5.07. The van der Waals surface area contributed by atoms with Crippen molar-refractivity contribution in [3.63, 3.8) is 0 Å². The number of anilines is 2. The number of imidazole rings is 1. The Kier molecular flexibility index (Phi) is 11.7. The fraction of sp³-hybridized carbons (Fsp3) is 0.483. The summed E-state index contributed by atoms with van der Waals surface area (Å²) < 4.78 is 41.1. The van der Waals surface area contributed by atoms with E-state index in [2.05, 4.69) is 19.9 Å². The number of fused-ring (bicyclic) bond motifs is 1. The van der Waals surface area contributed by atoms with E-state index in [9.17, 15) is 27.6 Å². The number of rotatable bonds is 6. The molecule has 1 aliphatic rings. The molecule has 0 aliphatic carbocycles. The number of aryl methyl sites for hydroxylation is 2. The quantitative estimate of drug-likeness (QED) is 0.316. The van der Waals surface area contributed by atoms with Crippen LogP contribution in [-0.4, -0.2) is 86.2 Å². The van der Waals surface area contributed by atoms with E-state index in [1.807, 2.05) is 57.4 Å². The van der Waals surface area contributed by atoms with Crippen molar-refractivity contribution in [3.8, 4) is 0 Å². The van der Waals surface area contributed by atoms with Crippen LogP contribution in [0.4, 0.5) is 29.6 Å². The third-order valence-corrected chi connectivity index (χ3v) is 7.32. The van der Waals surface area contributed by atoms with E-state index < -0.39 is 23.7 Å². The second-order valence-corrected chi connectivity index (χ2v) is 11.8. The summed E-state index contributed by atoms with van der Waals surface area (Å²) in [5.41, 5.74) is 13.0. The van der Waals surface area contributed by atoms with E-state index in [4.69, 9.17) is 37.7 Å². The van der Waals surface area contributed by atoms with Gasteiger partial charge in [0.2, 0.25) is 0 Å². The number of carbonyl (C=O) groups excluding carboxylic acids is 4. The van der Waals surface area contributed by atoms with Gasteiger partial charge in [-0.2, -0.15) is 13.2 Å². The number of aliphatic carboxylic acids is 1. The molecule has 3 aromatic rings. The number of para-hydroxylation sites is 1. The first-order valence-electron chi connectivity index (χ1n) is 14.8. The average Bonchev–Trinajstić information content (AvgIpc) is 3.32. The molecule has 19 heteroatoms. The summed E-state index contributed by atoms with van der Waals surface area (Å²) in [5.74, 6) is -3.06. The van der Waals surface area contributed by atoms with Crippen LogP contribution in [0, 0.1) is 0 Å². The maximum absolute atomic E-state index is 13.8. The van der Waals surface area contributed by atoms with Gasteiger partial charge in [0.1, 0.15) is 18.1 Å². The predicted molar refractivity (Wildman–Crippen MR) is 165 cm³/mol. The number of piperazine rings is 1. The number of hydrogen-bond acceptors (Lipinski definition) is 10. The molecule has 0 saturated carbocycles. The zero-order chi connectivity index (χ0) is 36.1. The Hall–Kier alpha value is -4.87. The van der Waals surface area contributed by atoms with Crippen LogP contribution in [0.15, 0.2) is 18.2 Å². The largest absolute Gasteiger partial charge is 0.542 e. The van der Waals surface area contributed by atoms with Crippen molar-refractivity contribution in [2.24, 2.45) is 0 Å². The maximum atomic E-state index is 13.8. The van der Waals surface area contributed by atoms with Gasteiger partial charge in [-0.15, -0.1) is 0 Å². The second kappa shape index (κ2) is 14.9. The number of ether oxygens (including phenoxy) is 1. The number of nitrogens with one attached hydrogen (secondary N) is 1. The summed E-state index contributed by atoms with van der Waals surface area (Å²) in [6.45, 7) is 12.3. The number of carboxylic acids is 1. The molecule has 1 aromatic carbocycles. The zero-order valence-electron chi connectivity index (χ0n) is 27.0. The van der Waals surface area contributed by atoms with Gasteiger partial charge in [0, 0.05) is 26.2 Å². The van der Waals surface area contributed by atoms with E-state index in [0.29, 0.717) is 44.8 Å². The van der Waals surface area contributed by atoms with Crippen molar-refractivity contribution in [1.82, 2.24) is 29.7 Å². The van der Waals surface area contributed by atoms with Crippen LogP contribution in [0.5, 0.6) is 0 Å². The number of halogens is 4. The van der Waals surface area contributed by atoms with Gasteiger partial charge in [-0.05, 0) is 46.8 Å². The van der Waals surface area contributed by atoms with Crippen molar-refractivity contribution in [2.45, 2.75) is 66.0 Å². The minimum absolute atomic E-state index is 0.0564. The Balaban J connectivity index is 0.000000804. The molecule has 0 bridgehead atoms. The first-order chi connectivity index (χ1) is 22.3. The molecule has 3 heterocycles. The number of nitrogen functional groups attached to an aromatic ring is 2. The van der Waals surface area contributed by atoms with E-state index in [1.54, 1.807) is 9.80 Å². The van der Waals surface area contributed by atoms with Gasteiger partial charge < -0.3 is 41.2 Å². The van der Waals surface area contributed by atoms with Crippen LogP contribution < -0.4 is 26.5 Å². The number of carbonyl (C=O) groups is 4. The molecule has 48 heavy (non-hydrogen) atoms. The van der Waals surface area contributed by atoms with Crippen LogP contribution in [-0.2, 0) is 29.2 Å². The highest BCUT2D eigenvalue weighted by Gasteiger charge is 2.33. The first-order valence-corrected chi connectivity index (χ1v) is 15.1. The number of aromatic nitrogens is 4. The van der Waals surface area contributed by atoms with E-state index >= 15 is 0 Å².